The van der Waals surface area contributed by atoms with E-state index < -0.39 is 0 Å². The number of benzene rings is 1. The smallest absolute Gasteiger partial charge is 0.170 e. The Kier molecular flexibility index (Phi) is 4.14. The van der Waals surface area contributed by atoms with Crippen molar-refractivity contribution in [3.05, 3.63) is 66.7 Å². The molecule has 2 N–H and O–H groups in total. The number of aromatic amines is 1. The molecule has 2 aliphatic rings. The quantitative estimate of drug-likeness (QED) is 0.513. The Morgan fingerprint density at radius 2 is 1.87 bits per heavy atom. The van der Waals surface area contributed by atoms with Crippen molar-refractivity contribution in [1.82, 2.24) is 20.3 Å². The second-order valence-corrected chi connectivity index (χ2v) is 8.41. The minimum atomic E-state index is -0.372. The lowest BCUT2D eigenvalue weighted by Gasteiger charge is -2.41. The van der Waals surface area contributed by atoms with Gasteiger partial charge < -0.3 is 15.0 Å². The van der Waals surface area contributed by atoms with E-state index in [4.69, 9.17) is 4.74 Å². The fourth-order valence-electron chi connectivity index (χ4n) is 4.76. The van der Waals surface area contributed by atoms with Crippen LogP contribution in [-0.2, 0) is 0 Å². The molecule has 2 aliphatic heterocycles. The Hall–Kier alpha value is -3.51. The Morgan fingerprint density at radius 1 is 0.968 bits per heavy atom. The number of pyridine rings is 2. The van der Waals surface area contributed by atoms with Crippen molar-refractivity contribution in [2.45, 2.75) is 24.9 Å². The first kappa shape index (κ1) is 18.3. The maximum atomic E-state index is 12.8. The number of fused-ring (bicyclic) bond motifs is 2. The molecule has 0 radical (unpaired) electrons. The zero-order chi connectivity index (χ0) is 20.8. The van der Waals surface area contributed by atoms with Crippen molar-refractivity contribution >= 4 is 16.8 Å². The van der Waals surface area contributed by atoms with Crippen molar-refractivity contribution in [3.63, 3.8) is 0 Å². The van der Waals surface area contributed by atoms with Crippen LogP contribution in [0.15, 0.2) is 61.2 Å². The van der Waals surface area contributed by atoms with Crippen LogP contribution in [0.3, 0.4) is 0 Å². The zero-order valence-electron chi connectivity index (χ0n) is 17.0. The maximum absolute atomic E-state index is 12.8. The molecule has 6 nitrogen and oxygen atoms in total. The number of aromatic nitrogens is 3. The molecule has 154 valence electrons. The summed E-state index contributed by atoms with van der Waals surface area (Å²) in [5, 5.41) is 4.39. The van der Waals surface area contributed by atoms with E-state index in [1.54, 1.807) is 6.20 Å². The number of carbonyl (C=O) groups is 1. The van der Waals surface area contributed by atoms with Crippen LogP contribution in [0.4, 0.5) is 0 Å². The van der Waals surface area contributed by atoms with Crippen LogP contribution in [0.2, 0.25) is 0 Å². The van der Waals surface area contributed by atoms with Gasteiger partial charge >= 0.3 is 0 Å². The highest BCUT2D eigenvalue weighted by molar-refractivity contribution is 6.02. The zero-order valence-corrected chi connectivity index (χ0v) is 17.0. The van der Waals surface area contributed by atoms with Gasteiger partial charge in [0.15, 0.2) is 5.78 Å². The number of carbonyl (C=O) groups excluding carboxylic acids is 1. The van der Waals surface area contributed by atoms with E-state index in [1.807, 2.05) is 48.9 Å². The lowest BCUT2D eigenvalue weighted by atomic mass is 9.82. The van der Waals surface area contributed by atoms with Crippen molar-refractivity contribution in [3.8, 4) is 28.0 Å². The first-order chi connectivity index (χ1) is 15.2. The Morgan fingerprint density at radius 3 is 2.71 bits per heavy atom. The molecular formula is C25H22N4O2. The molecule has 6 rings (SSSR count). The summed E-state index contributed by atoms with van der Waals surface area (Å²) in [7, 11) is 0. The number of Topliss-reactive ketones (excluding diaryl/α,β-unsaturated/α-hetero) is 1. The second-order valence-electron chi connectivity index (χ2n) is 8.41. The van der Waals surface area contributed by atoms with Gasteiger partial charge in [-0.25, -0.2) is 4.98 Å². The van der Waals surface area contributed by atoms with Crippen molar-refractivity contribution in [1.29, 1.82) is 0 Å². The van der Waals surface area contributed by atoms with E-state index in [0.29, 0.717) is 17.7 Å². The summed E-state index contributed by atoms with van der Waals surface area (Å²) in [6.07, 6.45) is 9.60. The SMILES string of the molecule is O=C1CC2(CCNCC2)Oc2cc(-c3c[nH]c4ncc(-c5cccnc5)cc34)ccc21. The van der Waals surface area contributed by atoms with E-state index in [-0.39, 0.29) is 11.4 Å². The van der Waals surface area contributed by atoms with Crippen LogP contribution in [0.1, 0.15) is 29.6 Å². The van der Waals surface area contributed by atoms with Crippen LogP contribution in [0, 0.1) is 0 Å². The highest BCUT2D eigenvalue weighted by Gasteiger charge is 2.41. The molecule has 4 aromatic rings. The summed E-state index contributed by atoms with van der Waals surface area (Å²) in [6.45, 7) is 1.76. The third-order valence-electron chi connectivity index (χ3n) is 6.44. The first-order valence-electron chi connectivity index (χ1n) is 10.7. The van der Waals surface area contributed by atoms with Gasteiger partial charge in [0, 0.05) is 59.7 Å². The fraction of sp³-hybridized carbons (Fsp3) is 0.240. The number of hydrogen-bond acceptors (Lipinski definition) is 5. The third-order valence-corrected chi connectivity index (χ3v) is 6.44. The maximum Gasteiger partial charge on any atom is 0.170 e. The lowest BCUT2D eigenvalue weighted by molar-refractivity contribution is 0.0188. The first-order valence-corrected chi connectivity index (χ1v) is 10.7. The van der Waals surface area contributed by atoms with Gasteiger partial charge in [-0.2, -0.15) is 0 Å². The van der Waals surface area contributed by atoms with Crippen molar-refractivity contribution in [2.75, 3.05) is 13.1 Å². The molecule has 0 amide bonds. The van der Waals surface area contributed by atoms with Crippen molar-refractivity contribution < 1.29 is 9.53 Å². The Labute approximate surface area is 179 Å². The molecule has 5 heterocycles. The van der Waals surface area contributed by atoms with Crippen LogP contribution < -0.4 is 10.1 Å². The summed E-state index contributed by atoms with van der Waals surface area (Å²) in [5.41, 5.74) is 5.22. The number of nitrogens with one attached hydrogen (secondary N) is 2. The summed E-state index contributed by atoms with van der Waals surface area (Å²) in [4.78, 5) is 24.9. The van der Waals surface area contributed by atoms with Gasteiger partial charge in [0.25, 0.3) is 0 Å². The molecular weight excluding hydrogens is 388 g/mol. The van der Waals surface area contributed by atoms with E-state index in [1.165, 1.54) is 0 Å². The molecule has 1 saturated heterocycles. The van der Waals surface area contributed by atoms with E-state index >= 15 is 0 Å². The normalized spacial score (nSPS) is 17.5. The monoisotopic (exact) mass is 410 g/mol. The number of piperidine rings is 1. The number of ketones is 1. The van der Waals surface area contributed by atoms with Crippen LogP contribution in [-0.4, -0.2) is 39.4 Å². The van der Waals surface area contributed by atoms with Crippen LogP contribution in [0.5, 0.6) is 5.75 Å². The molecule has 3 aromatic heterocycles. The van der Waals surface area contributed by atoms with Gasteiger partial charge in [-0.1, -0.05) is 12.1 Å². The minimum absolute atomic E-state index is 0.175. The Balaban J connectivity index is 1.43. The van der Waals surface area contributed by atoms with Gasteiger partial charge in [-0.15, -0.1) is 0 Å². The molecule has 1 spiro atoms. The predicted molar refractivity (Wildman–Crippen MR) is 119 cm³/mol. The highest BCUT2D eigenvalue weighted by atomic mass is 16.5. The summed E-state index contributed by atoms with van der Waals surface area (Å²) in [6, 6.07) is 12.0. The number of nitrogens with zero attached hydrogens (tertiary/aromatic N) is 2. The summed E-state index contributed by atoms with van der Waals surface area (Å²) < 4.78 is 6.48. The predicted octanol–water partition coefficient (Wildman–Crippen LogP) is 4.38. The molecule has 0 aliphatic carbocycles. The van der Waals surface area contributed by atoms with E-state index in [0.717, 1.165) is 59.2 Å². The highest BCUT2D eigenvalue weighted by Crippen LogP contribution is 2.41. The largest absolute Gasteiger partial charge is 0.486 e. The van der Waals surface area contributed by atoms with Gasteiger partial charge in [-0.05, 0) is 42.9 Å². The Bertz CT molecular complexity index is 1290. The third kappa shape index (κ3) is 3.11. The fourth-order valence-corrected chi connectivity index (χ4v) is 4.76. The topological polar surface area (TPSA) is 79.9 Å². The standard InChI is InChI=1S/C25H22N4O2/c30-22-12-25(5-8-26-9-6-25)31-23-11-16(3-4-19(22)23)21-15-29-24-20(21)10-18(14-28-24)17-2-1-7-27-13-17/h1-4,7,10-11,13-15,26H,5-6,8-9,12H2,(H,28,29). The van der Waals surface area contributed by atoms with Gasteiger partial charge in [0.1, 0.15) is 17.0 Å². The van der Waals surface area contributed by atoms with Gasteiger partial charge in [-0.3, -0.25) is 9.78 Å². The van der Waals surface area contributed by atoms with Crippen molar-refractivity contribution in [2.24, 2.45) is 0 Å². The van der Waals surface area contributed by atoms with Gasteiger partial charge in [0.05, 0.1) is 12.0 Å². The summed E-state index contributed by atoms with van der Waals surface area (Å²) >= 11 is 0. The molecule has 0 unspecified atom stereocenters. The lowest BCUT2D eigenvalue weighted by Crippen LogP contribution is -2.49. The molecule has 0 saturated carbocycles. The number of ether oxygens (including phenoxy) is 1. The average Bonchev–Trinajstić information content (AvgIpc) is 3.23. The van der Waals surface area contributed by atoms with Crippen LogP contribution >= 0.6 is 0 Å². The molecule has 1 fully saturated rings. The molecule has 31 heavy (non-hydrogen) atoms. The number of rotatable bonds is 2. The molecule has 0 bridgehead atoms. The van der Waals surface area contributed by atoms with E-state index in [9.17, 15) is 4.79 Å². The minimum Gasteiger partial charge on any atom is -0.486 e. The molecule has 1 aromatic carbocycles. The van der Waals surface area contributed by atoms with Gasteiger partial charge in [0.2, 0.25) is 0 Å². The second kappa shape index (κ2) is 7.03. The van der Waals surface area contributed by atoms with Crippen LogP contribution in [0.25, 0.3) is 33.3 Å². The number of hydrogen-bond donors (Lipinski definition) is 2. The number of H-pyrrole nitrogens is 1. The average molecular weight is 410 g/mol. The molecule has 0 atom stereocenters. The molecule has 6 heteroatoms. The summed E-state index contributed by atoms with van der Waals surface area (Å²) in [5.74, 6) is 0.871. The van der Waals surface area contributed by atoms with E-state index in [2.05, 4.69) is 26.3 Å².